The SMILES string of the molecule is CCCCCCCCCCCC(=O)O.CCCCCCCCCCCC(=O)O.Oc1ccc(O)cc1. The van der Waals surface area contributed by atoms with Gasteiger partial charge in [-0.1, -0.05) is 117 Å². The predicted octanol–water partition coefficient (Wildman–Crippen LogP) is 9.08. The molecule has 0 amide bonds. The van der Waals surface area contributed by atoms with Crippen LogP contribution in [0.3, 0.4) is 0 Å². The van der Waals surface area contributed by atoms with E-state index in [2.05, 4.69) is 13.8 Å². The quantitative estimate of drug-likeness (QED) is 0.103. The molecule has 210 valence electrons. The number of phenols is 2. The largest absolute Gasteiger partial charge is 0.508 e. The summed E-state index contributed by atoms with van der Waals surface area (Å²) in [6, 6.07) is 5.70. The fourth-order valence-electron chi connectivity index (χ4n) is 3.63. The van der Waals surface area contributed by atoms with E-state index in [4.69, 9.17) is 20.4 Å². The van der Waals surface area contributed by atoms with Gasteiger partial charge in [0.15, 0.2) is 0 Å². The number of hydrogen-bond acceptors (Lipinski definition) is 4. The molecule has 0 heterocycles. The van der Waals surface area contributed by atoms with Gasteiger partial charge in [-0.05, 0) is 37.1 Å². The first-order valence-electron chi connectivity index (χ1n) is 14.2. The lowest BCUT2D eigenvalue weighted by Crippen LogP contribution is -1.93. The molecule has 0 spiro atoms. The van der Waals surface area contributed by atoms with Crippen molar-refractivity contribution in [3.05, 3.63) is 24.3 Å². The number of hydrogen-bond donors (Lipinski definition) is 4. The van der Waals surface area contributed by atoms with Crippen LogP contribution in [-0.2, 0) is 9.59 Å². The van der Waals surface area contributed by atoms with Gasteiger partial charge in [-0.2, -0.15) is 0 Å². The molecule has 6 nitrogen and oxygen atoms in total. The number of rotatable bonds is 20. The lowest BCUT2D eigenvalue weighted by molar-refractivity contribution is -0.138. The Morgan fingerprint density at radius 1 is 0.472 bits per heavy atom. The van der Waals surface area contributed by atoms with E-state index in [9.17, 15) is 9.59 Å². The summed E-state index contributed by atoms with van der Waals surface area (Å²) in [6.45, 7) is 4.46. The Hall–Kier alpha value is -2.24. The monoisotopic (exact) mass is 510 g/mol. The smallest absolute Gasteiger partial charge is 0.303 e. The lowest BCUT2D eigenvalue weighted by Gasteiger charge is -2.00. The third kappa shape index (κ3) is 33.9. The van der Waals surface area contributed by atoms with Gasteiger partial charge in [0.1, 0.15) is 11.5 Å². The minimum absolute atomic E-state index is 0.169. The van der Waals surface area contributed by atoms with Crippen molar-refractivity contribution < 1.29 is 30.0 Å². The molecule has 0 aromatic heterocycles. The molecule has 0 saturated carbocycles. The first-order chi connectivity index (χ1) is 17.3. The second-order valence-corrected chi connectivity index (χ2v) is 9.46. The number of unbranched alkanes of at least 4 members (excludes halogenated alkanes) is 16. The maximum absolute atomic E-state index is 10.2. The average Bonchev–Trinajstić information content (AvgIpc) is 2.84. The molecule has 4 N–H and O–H groups in total. The highest BCUT2D eigenvalue weighted by Gasteiger charge is 1.97. The van der Waals surface area contributed by atoms with Gasteiger partial charge in [0.05, 0.1) is 0 Å². The molecule has 1 rings (SSSR count). The summed E-state index contributed by atoms with van der Waals surface area (Å²) >= 11 is 0. The fraction of sp³-hybridized carbons (Fsp3) is 0.733. The molecule has 0 fully saturated rings. The highest BCUT2D eigenvalue weighted by molar-refractivity contribution is 5.66. The Labute approximate surface area is 220 Å². The molecular weight excluding hydrogens is 456 g/mol. The zero-order chi connectivity index (χ0) is 27.3. The molecule has 0 radical (unpaired) electrons. The lowest BCUT2D eigenvalue weighted by atomic mass is 10.1. The van der Waals surface area contributed by atoms with E-state index in [0.29, 0.717) is 12.8 Å². The minimum atomic E-state index is -0.659. The standard InChI is InChI=1S/2C12H24O2.C6H6O2/c2*1-2-3-4-5-6-7-8-9-10-11-12(13)14;7-5-1-2-6(8)4-3-5/h2*2-11H2,1H3,(H,13,14);1-4,7-8H. The second-order valence-electron chi connectivity index (χ2n) is 9.46. The van der Waals surface area contributed by atoms with Gasteiger partial charge in [-0.25, -0.2) is 0 Å². The van der Waals surface area contributed by atoms with Crippen LogP contribution >= 0.6 is 0 Å². The summed E-state index contributed by atoms with van der Waals surface area (Å²) in [5, 5.41) is 34.1. The maximum Gasteiger partial charge on any atom is 0.303 e. The second kappa shape index (κ2) is 29.0. The van der Waals surface area contributed by atoms with Gasteiger partial charge in [-0.3, -0.25) is 9.59 Å². The van der Waals surface area contributed by atoms with E-state index in [1.165, 1.54) is 114 Å². The van der Waals surface area contributed by atoms with Gasteiger partial charge in [0, 0.05) is 12.8 Å². The molecule has 0 unspecified atom stereocenters. The Morgan fingerprint density at radius 3 is 0.917 bits per heavy atom. The fourth-order valence-corrected chi connectivity index (χ4v) is 3.63. The van der Waals surface area contributed by atoms with Crippen LogP contribution in [0.1, 0.15) is 142 Å². The maximum atomic E-state index is 10.2. The molecule has 36 heavy (non-hydrogen) atoms. The summed E-state index contributed by atoms with van der Waals surface area (Å²) < 4.78 is 0. The summed E-state index contributed by atoms with van der Waals surface area (Å²) in [6.07, 6.45) is 23.0. The van der Waals surface area contributed by atoms with Crippen molar-refractivity contribution >= 4 is 11.9 Å². The van der Waals surface area contributed by atoms with Crippen molar-refractivity contribution in [2.75, 3.05) is 0 Å². The molecular formula is C30H54O6. The number of benzene rings is 1. The number of aromatic hydroxyl groups is 2. The van der Waals surface area contributed by atoms with Gasteiger partial charge >= 0.3 is 11.9 Å². The molecule has 1 aromatic carbocycles. The Bertz CT molecular complexity index is 547. The van der Waals surface area contributed by atoms with Crippen LogP contribution in [0.2, 0.25) is 0 Å². The Balaban J connectivity index is 0. The molecule has 0 aliphatic carbocycles. The first kappa shape index (κ1) is 35.9. The highest BCUT2D eigenvalue weighted by Crippen LogP contribution is 2.13. The molecule has 0 atom stereocenters. The third-order valence-corrected chi connectivity index (χ3v) is 5.84. The van der Waals surface area contributed by atoms with Crippen molar-refractivity contribution in [2.24, 2.45) is 0 Å². The number of phenolic OH excluding ortho intramolecular Hbond substituents is 2. The highest BCUT2D eigenvalue weighted by atomic mass is 16.4. The topological polar surface area (TPSA) is 115 Å². The minimum Gasteiger partial charge on any atom is -0.508 e. The van der Waals surface area contributed by atoms with Crippen molar-refractivity contribution in [1.29, 1.82) is 0 Å². The number of carboxylic acid groups (broad SMARTS) is 2. The van der Waals surface area contributed by atoms with Crippen LogP contribution in [0.25, 0.3) is 0 Å². The molecule has 0 bridgehead atoms. The number of aliphatic carboxylic acids is 2. The van der Waals surface area contributed by atoms with Crippen LogP contribution < -0.4 is 0 Å². The van der Waals surface area contributed by atoms with Crippen molar-refractivity contribution in [3.63, 3.8) is 0 Å². The molecule has 6 heteroatoms. The van der Waals surface area contributed by atoms with Crippen LogP contribution in [-0.4, -0.2) is 32.4 Å². The summed E-state index contributed by atoms with van der Waals surface area (Å²) in [5.41, 5.74) is 0. The normalized spacial score (nSPS) is 10.1. The van der Waals surface area contributed by atoms with Gasteiger partial charge in [0.2, 0.25) is 0 Å². The Morgan fingerprint density at radius 2 is 0.694 bits per heavy atom. The molecule has 1 aromatic rings. The van der Waals surface area contributed by atoms with Crippen molar-refractivity contribution in [2.45, 2.75) is 142 Å². The average molecular weight is 511 g/mol. The Kier molecular flexibility index (Phi) is 28.9. The number of carboxylic acids is 2. The van der Waals surface area contributed by atoms with Crippen molar-refractivity contribution in [1.82, 2.24) is 0 Å². The number of carbonyl (C=O) groups is 2. The van der Waals surface area contributed by atoms with E-state index < -0.39 is 11.9 Å². The molecule has 0 saturated heterocycles. The van der Waals surface area contributed by atoms with Crippen LogP contribution in [0.5, 0.6) is 11.5 Å². The van der Waals surface area contributed by atoms with Crippen molar-refractivity contribution in [3.8, 4) is 11.5 Å². The van der Waals surface area contributed by atoms with Gasteiger partial charge in [0.25, 0.3) is 0 Å². The molecule has 0 aliphatic rings. The summed E-state index contributed by atoms with van der Waals surface area (Å²) in [7, 11) is 0. The van der Waals surface area contributed by atoms with E-state index in [-0.39, 0.29) is 11.5 Å². The van der Waals surface area contributed by atoms with E-state index in [0.717, 1.165) is 25.7 Å². The van der Waals surface area contributed by atoms with Gasteiger partial charge in [-0.15, -0.1) is 0 Å². The van der Waals surface area contributed by atoms with Crippen LogP contribution in [0.4, 0.5) is 0 Å². The van der Waals surface area contributed by atoms with E-state index in [1.807, 2.05) is 0 Å². The van der Waals surface area contributed by atoms with Crippen LogP contribution in [0.15, 0.2) is 24.3 Å². The van der Waals surface area contributed by atoms with Crippen LogP contribution in [0, 0.1) is 0 Å². The summed E-state index contributed by atoms with van der Waals surface area (Å²) in [5.74, 6) is -0.980. The zero-order valence-electron chi connectivity index (χ0n) is 23.1. The predicted molar refractivity (Wildman–Crippen MR) is 149 cm³/mol. The third-order valence-electron chi connectivity index (χ3n) is 5.84. The first-order valence-corrected chi connectivity index (χ1v) is 14.2. The zero-order valence-corrected chi connectivity index (χ0v) is 23.1. The van der Waals surface area contributed by atoms with Gasteiger partial charge < -0.3 is 20.4 Å². The van der Waals surface area contributed by atoms with E-state index >= 15 is 0 Å². The summed E-state index contributed by atoms with van der Waals surface area (Å²) in [4.78, 5) is 20.4. The molecule has 0 aliphatic heterocycles. The van der Waals surface area contributed by atoms with E-state index in [1.54, 1.807) is 0 Å².